The maximum atomic E-state index is 13.4. The maximum absolute atomic E-state index is 13.4. The lowest BCUT2D eigenvalue weighted by Gasteiger charge is -2.21. The van der Waals surface area contributed by atoms with Crippen LogP contribution < -0.4 is 5.32 Å². The Morgan fingerprint density at radius 2 is 1.82 bits per heavy atom. The molecule has 6 heteroatoms. The van der Waals surface area contributed by atoms with Gasteiger partial charge in [-0.2, -0.15) is 0 Å². The van der Waals surface area contributed by atoms with Gasteiger partial charge in [0.1, 0.15) is 11.9 Å². The summed E-state index contributed by atoms with van der Waals surface area (Å²) < 4.78 is 14.3. The first-order valence-corrected chi connectivity index (χ1v) is 12.5. The van der Waals surface area contributed by atoms with Crippen molar-refractivity contribution in [1.82, 2.24) is 9.55 Å². The van der Waals surface area contributed by atoms with E-state index in [9.17, 15) is 9.35 Å². The van der Waals surface area contributed by atoms with E-state index in [0.717, 1.165) is 28.5 Å². The number of rotatable bonds is 5. The second kappa shape index (κ2) is 9.04. The molecule has 4 aromatic rings. The van der Waals surface area contributed by atoms with Crippen LogP contribution in [0, 0.1) is 0 Å². The van der Waals surface area contributed by atoms with E-state index < -0.39 is 11.2 Å². The van der Waals surface area contributed by atoms with Gasteiger partial charge in [-0.25, -0.2) is 0 Å². The van der Waals surface area contributed by atoms with Gasteiger partial charge in [0.25, 0.3) is 5.91 Å². The number of aromatic nitrogens is 2. The Bertz CT molecular complexity index is 1300. The van der Waals surface area contributed by atoms with Crippen LogP contribution in [-0.4, -0.2) is 26.3 Å². The lowest BCUT2D eigenvalue weighted by Crippen LogP contribution is -2.19. The van der Waals surface area contributed by atoms with Crippen LogP contribution in [0.2, 0.25) is 0 Å². The summed E-state index contributed by atoms with van der Waals surface area (Å²) in [6, 6.07) is 17.8. The van der Waals surface area contributed by atoms with Crippen LogP contribution in [-0.2, 0) is 30.1 Å². The minimum Gasteiger partial charge on any atom is -0.612 e. The highest BCUT2D eigenvalue weighted by Crippen LogP contribution is 2.31. The molecule has 33 heavy (non-hydrogen) atoms. The average Bonchev–Trinajstić information content (AvgIpc) is 3.11. The molecule has 1 atom stereocenters. The zero-order valence-electron chi connectivity index (χ0n) is 19.7. The van der Waals surface area contributed by atoms with Crippen molar-refractivity contribution in [2.45, 2.75) is 37.5 Å². The van der Waals surface area contributed by atoms with Crippen molar-refractivity contribution in [2.24, 2.45) is 7.05 Å². The highest BCUT2D eigenvalue weighted by Gasteiger charge is 2.22. The second-order valence-corrected chi connectivity index (χ2v) is 10.7. The van der Waals surface area contributed by atoms with Gasteiger partial charge >= 0.3 is 0 Å². The molecule has 2 aromatic carbocycles. The topological polar surface area (TPSA) is 70.0 Å². The summed E-state index contributed by atoms with van der Waals surface area (Å²) in [5, 5.41) is 4.04. The number of nitrogens with zero attached hydrogens (tertiary/aromatic N) is 2. The molecular weight excluding hydrogens is 430 g/mol. The normalized spacial score (nSPS) is 12.7. The van der Waals surface area contributed by atoms with E-state index in [4.69, 9.17) is 0 Å². The third kappa shape index (κ3) is 4.82. The molecule has 1 unspecified atom stereocenters. The van der Waals surface area contributed by atoms with Crippen LogP contribution in [0.15, 0.2) is 71.9 Å². The molecule has 5 nitrogen and oxygen atoms in total. The number of pyridine rings is 1. The highest BCUT2D eigenvalue weighted by molar-refractivity contribution is 7.90. The smallest absolute Gasteiger partial charge is 0.272 e. The van der Waals surface area contributed by atoms with Gasteiger partial charge in [-0.05, 0) is 70.0 Å². The molecule has 170 valence electrons. The molecule has 0 bridgehead atoms. The predicted octanol–water partition coefficient (Wildman–Crippen LogP) is 5.45. The zero-order valence-corrected chi connectivity index (χ0v) is 20.5. The summed E-state index contributed by atoms with van der Waals surface area (Å²) in [5.74, 6) is -0.221. The van der Waals surface area contributed by atoms with E-state index in [-0.39, 0.29) is 11.3 Å². The number of nitrogens with one attached hydrogen (secondary N) is 1. The molecule has 4 rings (SSSR count). The van der Waals surface area contributed by atoms with Crippen LogP contribution in [0.5, 0.6) is 0 Å². The molecule has 0 aliphatic heterocycles. The van der Waals surface area contributed by atoms with E-state index in [1.807, 2.05) is 60.1 Å². The summed E-state index contributed by atoms with van der Waals surface area (Å²) in [4.78, 5) is 18.1. The average molecular weight is 460 g/mol. The summed E-state index contributed by atoms with van der Waals surface area (Å²) in [6.45, 7) is 6.35. The number of para-hydroxylation sites is 1. The summed E-state index contributed by atoms with van der Waals surface area (Å²) in [6.07, 6.45) is 5.97. The summed E-state index contributed by atoms with van der Waals surface area (Å²) >= 11 is -1.22. The minimum atomic E-state index is -1.22. The number of carbonyl (C=O) groups is 1. The van der Waals surface area contributed by atoms with E-state index in [1.165, 1.54) is 5.56 Å². The highest BCUT2D eigenvalue weighted by atomic mass is 32.2. The van der Waals surface area contributed by atoms with E-state index in [0.29, 0.717) is 16.3 Å². The number of amides is 1. The SMILES string of the molecule is Cn1c(C(=O)Nc2cc(C(C)(C)C)ccc2[S+](C)[O-])cc2cccc(Cc3ccncc3)c21. The Morgan fingerprint density at radius 3 is 2.48 bits per heavy atom. The second-order valence-electron chi connectivity index (χ2n) is 9.34. The number of hydrogen-bond acceptors (Lipinski definition) is 3. The van der Waals surface area contributed by atoms with E-state index >= 15 is 0 Å². The Hall–Kier alpha value is -3.09. The van der Waals surface area contributed by atoms with Gasteiger partial charge in [-0.15, -0.1) is 0 Å². The van der Waals surface area contributed by atoms with Crippen LogP contribution >= 0.6 is 0 Å². The van der Waals surface area contributed by atoms with Gasteiger partial charge in [-0.1, -0.05) is 45.0 Å². The van der Waals surface area contributed by atoms with Crippen molar-refractivity contribution in [1.29, 1.82) is 0 Å². The predicted molar refractivity (Wildman–Crippen MR) is 135 cm³/mol. The number of hydrogen-bond donors (Lipinski definition) is 1. The number of aryl methyl sites for hydroxylation is 1. The fourth-order valence-electron chi connectivity index (χ4n) is 4.11. The molecule has 0 aliphatic rings. The standard InChI is InChI=1S/C27H29N3O2S/c1-27(2,3)21-9-10-24(33(5)32)22(17-21)29-26(31)23-16-20-8-6-7-19(25(20)30(23)4)15-18-11-13-28-14-12-18/h6-14,16-17H,15H2,1-5H3,(H,29,31). The molecule has 0 spiro atoms. The number of benzene rings is 2. The van der Waals surface area contributed by atoms with Crippen molar-refractivity contribution in [3.05, 3.63) is 89.4 Å². The molecule has 0 saturated carbocycles. The monoisotopic (exact) mass is 459 g/mol. The van der Waals surface area contributed by atoms with Gasteiger partial charge in [0.05, 0.1) is 11.2 Å². The van der Waals surface area contributed by atoms with Crippen LogP contribution in [0.4, 0.5) is 5.69 Å². The van der Waals surface area contributed by atoms with Crippen molar-refractivity contribution >= 4 is 33.7 Å². The largest absolute Gasteiger partial charge is 0.612 e. The van der Waals surface area contributed by atoms with Crippen molar-refractivity contribution in [3.8, 4) is 0 Å². The van der Waals surface area contributed by atoms with Crippen LogP contribution in [0.3, 0.4) is 0 Å². The maximum Gasteiger partial charge on any atom is 0.272 e. The van der Waals surface area contributed by atoms with Gasteiger partial charge < -0.3 is 14.4 Å². The minimum absolute atomic E-state index is 0.0885. The zero-order chi connectivity index (χ0) is 23.8. The molecule has 2 heterocycles. The summed E-state index contributed by atoms with van der Waals surface area (Å²) in [5.41, 5.74) is 5.47. The Labute approximate surface area is 198 Å². The first-order chi connectivity index (χ1) is 15.6. The molecule has 2 aromatic heterocycles. The third-order valence-electron chi connectivity index (χ3n) is 5.92. The molecule has 0 fully saturated rings. The van der Waals surface area contributed by atoms with Gasteiger partial charge in [0.15, 0.2) is 4.90 Å². The number of fused-ring (bicyclic) bond motifs is 1. The van der Waals surface area contributed by atoms with Crippen molar-refractivity contribution in [3.63, 3.8) is 0 Å². The number of carbonyl (C=O) groups excluding carboxylic acids is 1. The molecule has 1 N–H and O–H groups in total. The van der Waals surface area contributed by atoms with Crippen LogP contribution in [0.1, 0.15) is 48.0 Å². The number of anilines is 1. The molecule has 0 radical (unpaired) electrons. The summed E-state index contributed by atoms with van der Waals surface area (Å²) in [7, 11) is 1.91. The quantitative estimate of drug-likeness (QED) is 0.403. The third-order valence-corrected chi connectivity index (χ3v) is 6.90. The first-order valence-electron chi connectivity index (χ1n) is 10.9. The van der Waals surface area contributed by atoms with Crippen LogP contribution in [0.25, 0.3) is 10.9 Å². The Balaban J connectivity index is 1.71. The molecule has 1 amide bonds. The van der Waals surface area contributed by atoms with E-state index in [2.05, 4.69) is 37.1 Å². The Morgan fingerprint density at radius 1 is 1.09 bits per heavy atom. The fourth-order valence-corrected chi connectivity index (χ4v) is 4.79. The van der Waals surface area contributed by atoms with Crippen molar-refractivity contribution in [2.75, 3.05) is 11.6 Å². The lowest BCUT2D eigenvalue weighted by atomic mass is 9.87. The first kappa shape index (κ1) is 23.1. The van der Waals surface area contributed by atoms with Gasteiger partial charge in [0.2, 0.25) is 0 Å². The molecule has 0 saturated heterocycles. The van der Waals surface area contributed by atoms with Gasteiger partial charge in [0, 0.05) is 24.8 Å². The Kier molecular flexibility index (Phi) is 6.32. The molecule has 0 aliphatic carbocycles. The molecular formula is C27H29N3O2S. The van der Waals surface area contributed by atoms with Crippen molar-refractivity contribution < 1.29 is 9.35 Å². The fraction of sp³-hybridized carbons (Fsp3) is 0.259. The van der Waals surface area contributed by atoms with Gasteiger partial charge in [-0.3, -0.25) is 9.78 Å². The van der Waals surface area contributed by atoms with E-state index in [1.54, 1.807) is 18.6 Å². The lowest BCUT2D eigenvalue weighted by molar-refractivity contribution is 0.101.